The summed E-state index contributed by atoms with van der Waals surface area (Å²) in [6.45, 7) is 5.68. The summed E-state index contributed by atoms with van der Waals surface area (Å²) < 4.78 is 1.03. The Balaban J connectivity index is 1.77. The molecule has 128 valence electrons. The van der Waals surface area contributed by atoms with E-state index in [0.29, 0.717) is 11.7 Å². The number of hydrogen-bond donors (Lipinski definition) is 2. The third kappa shape index (κ3) is 3.27. The number of rotatable bonds is 4. The van der Waals surface area contributed by atoms with Gasteiger partial charge in [-0.3, -0.25) is 14.5 Å². The standard InChI is InChI=1S/C17H21N3O3S/c1-10-4-5-12-13(6-10)24-16(18-12)20-8-11(7-14(20)22)15(23)19-17(2,3)9-21/h4-6,11,21H,7-9H2,1-3H3,(H,19,23). The Labute approximate surface area is 144 Å². The quantitative estimate of drug-likeness (QED) is 0.884. The van der Waals surface area contributed by atoms with Crippen molar-refractivity contribution in [2.75, 3.05) is 18.1 Å². The van der Waals surface area contributed by atoms with Crippen molar-refractivity contribution < 1.29 is 14.7 Å². The van der Waals surface area contributed by atoms with E-state index in [1.165, 1.54) is 11.3 Å². The van der Waals surface area contributed by atoms with Gasteiger partial charge in [-0.1, -0.05) is 17.4 Å². The Hall–Kier alpha value is -1.99. The first-order valence-corrected chi connectivity index (χ1v) is 8.71. The molecule has 1 aromatic carbocycles. The maximum absolute atomic E-state index is 12.3. The highest BCUT2D eigenvalue weighted by molar-refractivity contribution is 7.22. The molecule has 1 fully saturated rings. The van der Waals surface area contributed by atoms with Gasteiger partial charge in [0.1, 0.15) is 0 Å². The van der Waals surface area contributed by atoms with Crippen molar-refractivity contribution in [3.05, 3.63) is 23.8 Å². The number of aryl methyl sites for hydroxylation is 1. The zero-order valence-electron chi connectivity index (χ0n) is 14.0. The molecule has 1 aliphatic heterocycles. The van der Waals surface area contributed by atoms with Gasteiger partial charge in [0.25, 0.3) is 0 Å². The van der Waals surface area contributed by atoms with E-state index >= 15 is 0 Å². The number of aromatic nitrogens is 1. The molecule has 2 N–H and O–H groups in total. The Morgan fingerprint density at radius 1 is 1.50 bits per heavy atom. The zero-order chi connectivity index (χ0) is 17.5. The van der Waals surface area contributed by atoms with Crippen LogP contribution in [0.25, 0.3) is 10.2 Å². The number of amides is 2. The second-order valence-electron chi connectivity index (χ2n) is 6.90. The Bertz CT molecular complexity index is 799. The number of nitrogens with one attached hydrogen (secondary N) is 1. The molecule has 6 nitrogen and oxygen atoms in total. The second-order valence-corrected chi connectivity index (χ2v) is 7.91. The summed E-state index contributed by atoms with van der Waals surface area (Å²) in [7, 11) is 0. The summed E-state index contributed by atoms with van der Waals surface area (Å²) in [5.41, 5.74) is 1.32. The van der Waals surface area contributed by atoms with Crippen LogP contribution in [-0.4, -0.2) is 40.6 Å². The second kappa shape index (κ2) is 6.14. The minimum Gasteiger partial charge on any atom is -0.394 e. The van der Waals surface area contributed by atoms with Crippen molar-refractivity contribution in [3.63, 3.8) is 0 Å². The number of carbonyl (C=O) groups excluding carboxylic acids is 2. The summed E-state index contributed by atoms with van der Waals surface area (Å²) in [6.07, 6.45) is 0.169. The van der Waals surface area contributed by atoms with Crippen LogP contribution in [0.2, 0.25) is 0 Å². The number of benzene rings is 1. The van der Waals surface area contributed by atoms with Crippen molar-refractivity contribution in [2.24, 2.45) is 5.92 Å². The lowest BCUT2D eigenvalue weighted by Gasteiger charge is -2.25. The zero-order valence-corrected chi connectivity index (χ0v) is 14.8. The van der Waals surface area contributed by atoms with E-state index in [2.05, 4.69) is 10.3 Å². The van der Waals surface area contributed by atoms with E-state index in [1.54, 1.807) is 18.7 Å². The lowest BCUT2D eigenvalue weighted by molar-refractivity contribution is -0.128. The van der Waals surface area contributed by atoms with Crippen LogP contribution in [0.5, 0.6) is 0 Å². The van der Waals surface area contributed by atoms with Gasteiger partial charge >= 0.3 is 0 Å². The third-order valence-electron chi connectivity index (χ3n) is 4.12. The number of carbonyl (C=O) groups is 2. The number of thiazole rings is 1. The summed E-state index contributed by atoms with van der Waals surface area (Å²) >= 11 is 1.47. The maximum atomic E-state index is 12.3. The first kappa shape index (κ1) is 16.9. The van der Waals surface area contributed by atoms with Gasteiger partial charge in [0.15, 0.2) is 5.13 Å². The molecular weight excluding hydrogens is 326 g/mol. The number of anilines is 1. The Morgan fingerprint density at radius 3 is 2.96 bits per heavy atom. The summed E-state index contributed by atoms with van der Waals surface area (Å²) in [4.78, 5) is 30.8. The molecule has 2 heterocycles. The van der Waals surface area contributed by atoms with Gasteiger partial charge in [0.2, 0.25) is 11.8 Å². The van der Waals surface area contributed by atoms with Gasteiger partial charge in [0, 0.05) is 13.0 Å². The van der Waals surface area contributed by atoms with E-state index in [-0.39, 0.29) is 24.8 Å². The fourth-order valence-electron chi connectivity index (χ4n) is 2.68. The maximum Gasteiger partial charge on any atom is 0.229 e. The fourth-order valence-corrected chi connectivity index (χ4v) is 3.77. The van der Waals surface area contributed by atoms with E-state index in [0.717, 1.165) is 15.8 Å². The minimum atomic E-state index is -0.694. The number of hydrogen-bond acceptors (Lipinski definition) is 5. The lowest BCUT2D eigenvalue weighted by Crippen LogP contribution is -2.49. The number of fused-ring (bicyclic) bond motifs is 1. The average molecular weight is 347 g/mol. The molecular formula is C17H21N3O3S. The Morgan fingerprint density at radius 2 is 2.25 bits per heavy atom. The smallest absolute Gasteiger partial charge is 0.229 e. The summed E-state index contributed by atoms with van der Waals surface area (Å²) in [5.74, 6) is -0.716. The largest absolute Gasteiger partial charge is 0.394 e. The van der Waals surface area contributed by atoms with Crippen LogP contribution in [-0.2, 0) is 9.59 Å². The molecule has 24 heavy (non-hydrogen) atoms. The van der Waals surface area contributed by atoms with Gasteiger partial charge in [-0.15, -0.1) is 0 Å². The molecule has 1 atom stereocenters. The van der Waals surface area contributed by atoms with Crippen LogP contribution >= 0.6 is 11.3 Å². The summed E-state index contributed by atoms with van der Waals surface area (Å²) in [5, 5.41) is 12.7. The van der Waals surface area contributed by atoms with E-state index in [1.807, 2.05) is 25.1 Å². The molecule has 1 unspecified atom stereocenters. The van der Waals surface area contributed by atoms with Crippen LogP contribution in [0.1, 0.15) is 25.8 Å². The average Bonchev–Trinajstić information content (AvgIpc) is 3.09. The number of aliphatic hydroxyl groups is 1. The Kier molecular flexibility index (Phi) is 4.31. The van der Waals surface area contributed by atoms with E-state index in [9.17, 15) is 14.7 Å². The van der Waals surface area contributed by atoms with Crippen molar-refractivity contribution >= 4 is 38.5 Å². The topological polar surface area (TPSA) is 82.5 Å². The van der Waals surface area contributed by atoms with Crippen LogP contribution in [0.4, 0.5) is 5.13 Å². The number of aliphatic hydroxyl groups excluding tert-OH is 1. The minimum absolute atomic E-state index is 0.0901. The van der Waals surface area contributed by atoms with Crippen molar-refractivity contribution in [1.82, 2.24) is 10.3 Å². The molecule has 1 saturated heterocycles. The fraction of sp³-hybridized carbons (Fsp3) is 0.471. The molecule has 7 heteroatoms. The van der Waals surface area contributed by atoms with Gasteiger partial charge in [0.05, 0.1) is 28.3 Å². The molecule has 0 spiro atoms. The molecule has 0 bridgehead atoms. The van der Waals surface area contributed by atoms with Crippen LogP contribution < -0.4 is 10.2 Å². The lowest BCUT2D eigenvalue weighted by atomic mass is 10.0. The molecule has 0 aliphatic carbocycles. The molecule has 0 saturated carbocycles. The number of nitrogens with zero attached hydrogens (tertiary/aromatic N) is 2. The molecule has 1 aliphatic rings. The van der Waals surface area contributed by atoms with Crippen LogP contribution in [0, 0.1) is 12.8 Å². The van der Waals surface area contributed by atoms with E-state index < -0.39 is 11.5 Å². The highest BCUT2D eigenvalue weighted by Gasteiger charge is 2.38. The monoisotopic (exact) mass is 347 g/mol. The van der Waals surface area contributed by atoms with Gasteiger partial charge in [-0.2, -0.15) is 0 Å². The molecule has 2 amide bonds. The normalized spacial score (nSPS) is 18.4. The van der Waals surface area contributed by atoms with Crippen LogP contribution in [0.15, 0.2) is 18.2 Å². The van der Waals surface area contributed by atoms with Gasteiger partial charge < -0.3 is 10.4 Å². The predicted molar refractivity (Wildman–Crippen MR) is 94.1 cm³/mol. The highest BCUT2D eigenvalue weighted by atomic mass is 32.1. The highest BCUT2D eigenvalue weighted by Crippen LogP contribution is 2.33. The predicted octanol–water partition coefficient (Wildman–Crippen LogP) is 1.84. The van der Waals surface area contributed by atoms with Crippen molar-refractivity contribution in [1.29, 1.82) is 0 Å². The van der Waals surface area contributed by atoms with Crippen molar-refractivity contribution in [2.45, 2.75) is 32.7 Å². The molecule has 2 aromatic rings. The SMILES string of the molecule is Cc1ccc2nc(N3CC(C(=O)NC(C)(C)CO)CC3=O)sc2c1. The van der Waals surface area contributed by atoms with E-state index in [4.69, 9.17) is 0 Å². The van der Waals surface area contributed by atoms with Crippen molar-refractivity contribution in [3.8, 4) is 0 Å². The van der Waals surface area contributed by atoms with Gasteiger partial charge in [-0.05, 0) is 38.5 Å². The van der Waals surface area contributed by atoms with Gasteiger partial charge in [-0.25, -0.2) is 4.98 Å². The molecule has 3 rings (SSSR count). The third-order valence-corrected chi connectivity index (χ3v) is 5.16. The molecule has 1 aromatic heterocycles. The summed E-state index contributed by atoms with van der Waals surface area (Å²) in [6, 6.07) is 5.98. The first-order chi connectivity index (χ1) is 11.3. The first-order valence-electron chi connectivity index (χ1n) is 7.89. The van der Waals surface area contributed by atoms with Crippen LogP contribution in [0.3, 0.4) is 0 Å². The molecule has 0 radical (unpaired) electrons.